The summed E-state index contributed by atoms with van der Waals surface area (Å²) in [6.07, 6.45) is -1.75. The van der Waals surface area contributed by atoms with Crippen molar-refractivity contribution in [2.45, 2.75) is 69.4 Å². The lowest BCUT2D eigenvalue weighted by Gasteiger charge is -2.34. The monoisotopic (exact) mass is 322 g/mol. The Morgan fingerprint density at radius 1 is 1.52 bits per heavy atom. The summed E-state index contributed by atoms with van der Waals surface area (Å²) in [5, 5.41) is 19.4. The highest BCUT2D eigenvalue weighted by Crippen LogP contribution is 2.51. The Kier molecular flexibility index (Phi) is 6.45. The van der Waals surface area contributed by atoms with Crippen LogP contribution in [0, 0.1) is 0 Å². The third-order valence-electron chi connectivity index (χ3n) is 3.85. The molecule has 1 fully saturated rings. The largest absolute Gasteiger partial charge is 0.388 e. The van der Waals surface area contributed by atoms with E-state index in [2.05, 4.69) is 0 Å². The molecule has 0 amide bonds. The van der Waals surface area contributed by atoms with E-state index in [0.29, 0.717) is 6.42 Å². The number of aliphatic hydroxyl groups excluding tert-OH is 2. The highest BCUT2D eigenvalue weighted by molar-refractivity contribution is 7.53. The van der Waals surface area contributed by atoms with E-state index in [4.69, 9.17) is 21.8 Å². The Labute approximate surface area is 126 Å². The molecule has 0 aliphatic carbocycles. The molecule has 1 aliphatic heterocycles. The quantitative estimate of drug-likeness (QED) is 0.459. The van der Waals surface area contributed by atoms with Crippen LogP contribution in [-0.2, 0) is 18.6 Å². The molecule has 7 atom stereocenters. The molecule has 0 aromatic rings. The van der Waals surface area contributed by atoms with Crippen molar-refractivity contribution in [3.63, 3.8) is 0 Å². The van der Waals surface area contributed by atoms with Crippen LogP contribution >= 0.6 is 7.60 Å². The lowest BCUT2D eigenvalue weighted by molar-refractivity contribution is -0.0412. The molecule has 0 saturated carbocycles. The van der Waals surface area contributed by atoms with Gasteiger partial charge in [-0.3, -0.25) is 4.57 Å². The SMILES string of the molecule is [B][C@@H]1O[C@H](CC(C)(CC)OP(=O)(O)C(C)O)[C@@H](O)[C@H]1OC. The van der Waals surface area contributed by atoms with Gasteiger partial charge < -0.3 is 29.1 Å². The van der Waals surface area contributed by atoms with Crippen LogP contribution in [0.15, 0.2) is 0 Å². The van der Waals surface area contributed by atoms with Gasteiger partial charge in [0.25, 0.3) is 0 Å². The highest BCUT2D eigenvalue weighted by Gasteiger charge is 2.46. The Morgan fingerprint density at radius 2 is 2.10 bits per heavy atom. The van der Waals surface area contributed by atoms with Crippen molar-refractivity contribution in [3.8, 4) is 0 Å². The van der Waals surface area contributed by atoms with Gasteiger partial charge in [0.15, 0.2) is 5.85 Å². The summed E-state index contributed by atoms with van der Waals surface area (Å²) >= 11 is 0. The Balaban J connectivity index is 2.80. The van der Waals surface area contributed by atoms with Crippen molar-refractivity contribution in [2.24, 2.45) is 0 Å². The van der Waals surface area contributed by atoms with E-state index in [1.807, 2.05) is 0 Å². The number of hydrogen-bond acceptors (Lipinski definition) is 6. The molecule has 9 heteroatoms. The number of ether oxygens (including phenoxy) is 2. The molecule has 0 spiro atoms. The lowest BCUT2D eigenvalue weighted by Crippen LogP contribution is -2.39. The van der Waals surface area contributed by atoms with Crippen molar-refractivity contribution in [3.05, 3.63) is 0 Å². The zero-order valence-corrected chi connectivity index (χ0v) is 13.7. The highest BCUT2D eigenvalue weighted by atomic mass is 31.2. The normalized spacial score (nSPS) is 36.9. The van der Waals surface area contributed by atoms with Gasteiger partial charge >= 0.3 is 7.60 Å². The maximum atomic E-state index is 11.9. The van der Waals surface area contributed by atoms with E-state index in [0.717, 1.165) is 0 Å². The first-order valence-corrected chi connectivity index (χ1v) is 8.54. The summed E-state index contributed by atoms with van der Waals surface area (Å²) in [6.45, 7) is 4.59. The molecule has 21 heavy (non-hydrogen) atoms. The van der Waals surface area contributed by atoms with E-state index >= 15 is 0 Å². The molecule has 0 aromatic heterocycles. The summed E-state index contributed by atoms with van der Waals surface area (Å²) in [7, 11) is 2.97. The standard InChI is InChI=1S/C12H24BO7P/c1-5-12(3,20-21(16,17)7(2)14)6-8-9(15)10(18-4)11(13)19-8/h7-11,14-15H,5-6H2,1-4H3,(H,16,17)/t7?,8-,9-,10-,11-,12?/m1/s1. The van der Waals surface area contributed by atoms with Crippen LogP contribution in [0.4, 0.5) is 0 Å². The van der Waals surface area contributed by atoms with Crippen molar-refractivity contribution in [1.82, 2.24) is 0 Å². The summed E-state index contributed by atoms with van der Waals surface area (Å²) in [5.41, 5.74) is -1.05. The predicted molar refractivity (Wildman–Crippen MR) is 77.1 cm³/mol. The van der Waals surface area contributed by atoms with Gasteiger partial charge in [-0.15, -0.1) is 0 Å². The molecule has 3 unspecified atom stereocenters. The van der Waals surface area contributed by atoms with Crippen molar-refractivity contribution in [1.29, 1.82) is 0 Å². The van der Waals surface area contributed by atoms with E-state index in [1.54, 1.807) is 13.8 Å². The summed E-state index contributed by atoms with van der Waals surface area (Å²) < 4.78 is 27.6. The number of aliphatic hydroxyl groups is 2. The minimum Gasteiger partial charge on any atom is -0.388 e. The van der Waals surface area contributed by atoms with Gasteiger partial charge in [0.1, 0.15) is 20.1 Å². The van der Waals surface area contributed by atoms with Crippen LogP contribution in [-0.4, -0.2) is 65.8 Å². The third-order valence-corrected chi connectivity index (χ3v) is 5.50. The maximum absolute atomic E-state index is 11.9. The van der Waals surface area contributed by atoms with Gasteiger partial charge in [0.05, 0.1) is 11.7 Å². The molecule has 2 radical (unpaired) electrons. The van der Waals surface area contributed by atoms with Crippen LogP contribution < -0.4 is 0 Å². The molecule has 0 bridgehead atoms. The first-order chi connectivity index (χ1) is 9.56. The zero-order chi connectivity index (χ0) is 16.4. The Bertz CT molecular complexity index is 394. The molecule has 3 N–H and O–H groups in total. The minimum absolute atomic E-state index is 0.148. The third kappa shape index (κ3) is 4.51. The molecule has 7 nitrogen and oxygen atoms in total. The molecule has 1 heterocycles. The van der Waals surface area contributed by atoms with Crippen LogP contribution in [0.5, 0.6) is 0 Å². The van der Waals surface area contributed by atoms with E-state index in [-0.39, 0.29) is 6.42 Å². The summed E-state index contributed by atoms with van der Waals surface area (Å²) in [6, 6.07) is -0.770. The van der Waals surface area contributed by atoms with E-state index < -0.39 is 43.4 Å². The topological polar surface area (TPSA) is 105 Å². The van der Waals surface area contributed by atoms with Crippen molar-refractivity contribution >= 4 is 15.4 Å². The van der Waals surface area contributed by atoms with E-state index in [9.17, 15) is 19.7 Å². The fourth-order valence-electron chi connectivity index (χ4n) is 2.27. The smallest absolute Gasteiger partial charge is 0.356 e. The van der Waals surface area contributed by atoms with Crippen LogP contribution in [0.3, 0.4) is 0 Å². The van der Waals surface area contributed by atoms with Gasteiger partial charge in [-0.05, 0) is 20.3 Å². The molecule has 122 valence electrons. The predicted octanol–water partition coefficient (Wildman–Crippen LogP) is 0.355. The van der Waals surface area contributed by atoms with E-state index in [1.165, 1.54) is 14.0 Å². The van der Waals surface area contributed by atoms with Crippen molar-refractivity contribution in [2.75, 3.05) is 7.11 Å². The van der Waals surface area contributed by atoms with Gasteiger partial charge in [0, 0.05) is 19.5 Å². The van der Waals surface area contributed by atoms with Crippen LogP contribution in [0.25, 0.3) is 0 Å². The minimum atomic E-state index is -4.16. The first kappa shape index (κ1) is 19.1. The number of rotatable bonds is 7. The maximum Gasteiger partial charge on any atom is 0.356 e. The fourth-order valence-corrected chi connectivity index (χ4v) is 3.26. The molecule has 1 aliphatic rings. The fraction of sp³-hybridized carbons (Fsp3) is 1.00. The van der Waals surface area contributed by atoms with Gasteiger partial charge in [0.2, 0.25) is 0 Å². The van der Waals surface area contributed by atoms with Gasteiger partial charge in [-0.25, -0.2) is 0 Å². The second-order valence-corrected chi connectivity index (χ2v) is 7.68. The van der Waals surface area contributed by atoms with Crippen LogP contribution in [0.2, 0.25) is 0 Å². The zero-order valence-electron chi connectivity index (χ0n) is 12.8. The molecular formula is C12H24BO7P. The average Bonchev–Trinajstić information content (AvgIpc) is 2.63. The molecular weight excluding hydrogens is 298 g/mol. The second kappa shape index (κ2) is 7.09. The van der Waals surface area contributed by atoms with Gasteiger partial charge in [-0.1, -0.05) is 6.92 Å². The second-order valence-electron chi connectivity index (χ2n) is 5.62. The number of hydrogen-bond donors (Lipinski definition) is 3. The molecule has 0 aromatic carbocycles. The summed E-state index contributed by atoms with van der Waals surface area (Å²) in [5.74, 6) is -1.49. The summed E-state index contributed by atoms with van der Waals surface area (Å²) in [4.78, 5) is 9.68. The van der Waals surface area contributed by atoms with Gasteiger partial charge in [-0.2, -0.15) is 0 Å². The Morgan fingerprint density at radius 3 is 2.48 bits per heavy atom. The Hall–Kier alpha value is 0.0549. The number of methoxy groups -OCH3 is 1. The van der Waals surface area contributed by atoms with Crippen molar-refractivity contribution < 1.29 is 33.7 Å². The average molecular weight is 322 g/mol. The molecule has 1 saturated heterocycles. The first-order valence-electron chi connectivity index (χ1n) is 6.89. The lowest BCUT2D eigenvalue weighted by atomic mass is 9.89. The molecule has 1 rings (SSSR count). The van der Waals surface area contributed by atoms with Crippen LogP contribution in [0.1, 0.15) is 33.6 Å².